The lowest BCUT2D eigenvalue weighted by molar-refractivity contribution is 0.510. The topological polar surface area (TPSA) is 17.1 Å². The van der Waals surface area contributed by atoms with E-state index in [9.17, 15) is 8.96 Å². The number of halogens is 5. The predicted molar refractivity (Wildman–Crippen MR) is 41.0 cm³/mol. The molecule has 0 rings (SSSR count). The number of hydrogen-bond donors (Lipinski definition) is 0. The second-order valence-electron chi connectivity index (χ2n) is 0.930. The normalized spacial score (nSPS) is 14.1. The first-order chi connectivity index (χ1) is 3.25. The SMILES string of the molecule is O=P(Cl)(Cl)C(F)(Br)Br. The molecule has 0 heterocycles. The highest BCUT2D eigenvalue weighted by Gasteiger charge is 2.41. The zero-order valence-electron chi connectivity index (χ0n) is 3.25. The minimum absolute atomic E-state index is 2.32. The van der Waals surface area contributed by atoms with Crippen LogP contribution < -0.4 is 0 Å². The second-order valence-corrected chi connectivity index (χ2v) is 10.3. The Morgan fingerprint density at radius 3 is 1.62 bits per heavy atom. The van der Waals surface area contributed by atoms with E-state index in [1.807, 2.05) is 0 Å². The van der Waals surface area contributed by atoms with E-state index >= 15 is 0 Å². The van der Waals surface area contributed by atoms with Gasteiger partial charge in [-0.15, -0.1) is 0 Å². The molecule has 0 aromatic heterocycles. The molecule has 0 aliphatic rings. The van der Waals surface area contributed by atoms with Gasteiger partial charge < -0.3 is 0 Å². The third-order valence-electron chi connectivity index (χ3n) is 0.295. The van der Waals surface area contributed by atoms with Crippen LogP contribution >= 0.6 is 60.2 Å². The van der Waals surface area contributed by atoms with Crippen LogP contribution in [0, 0.1) is 0 Å². The number of alkyl halides is 3. The summed E-state index contributed by atoms with van der Waals surface area (Å²) in [5.74, 6) is -3.74. The number of hydrogen-bond acceptors (Lipinski definition) is 1. The molecular weight excluding hydrogens is 309 g/mol. The van der Waals surface area contributed by atoms with Crippen LogP contribution in [0.3, 0.4) is 0 Å². The smallest absolute Gasteiger partial charge is 0.284 e. The third kappa shape index (κ3) is 3.02. The van der Waals surface area contributed by atoms with Crippen molar-refractivity contribution in [3.8, 4) is 0 Å². The maximum atomic E-state index is 12.2. The first-order valence-corrected chi connectivity index (χ1v) is 6.41. The summed E-state index contributed by atoms with van der Waals surface area (Å²) in [6, 6.07) is 0. The Hall–Kier alpha value is 1.70. The van der Waals surface area contributed by atoms with E-state index in [0.29, 0.717) is 0 Å². The van der Waals surface area contributed by atoms with Crippen molar-refractivity contribution in [2.75, 3.05) is 0 Å². The Bertz CT molecular complexity index is 126. The van der Waals surface area contributed by atoms with Gasteiger partial charge in [0.25, 0.3) is 3.23 Å². The summed E-state index contributed by atoms with van der Waals surface area (Å²) >= 11 is 14.4. The highest BCUT2D eigenvalue weighted by molar-refractivity contribution is 9.27. The van der Waals surface area contributed by atoms with E-state index in [4.69, 9.17) is 22.5 Å². The lowest BCUT2D eigenvalue weighted by atomic mass is 11.8. The van der Waals surface area contributed by atoms with Crippen molar-refractivity contribution in [3.05, 3.63) is 0 Å². The zero-order valence-corrected chi connectivity index (χ0v) is 8.82. The summed E-state index contributed by atoms with van der Waals surface area (Å²) in [6.07, 6.45) is 0. The lowest BCUT2D eigenvalue weighted by Crippen LogP contribution is -1.92. The molecule has 0 amide bonds. The van der Waals surface area contributed by atoms with Crippen LogP contribution in [0.15, 0.2) is 0 Å². The highest BCUT2D eigenvalue weighted by Crippen LogP contribution is 2.73. The minimum atomic E-state index is -3.74. The summed E-state index contributed by atoms with van der Waals surface area (Å²) < 4.78 is 20.1. The van der Waals surface area contributed by atoms with E-state index in [0.717, 1.165) is 0 Å². The van der Waals surface area contributed by atoms with Crippen molar-refractivity contribution in [2.24, 2.45) is 0 Å². The minimum Gasteiger partial charge on any atom is -0.284 e. The molecule has 0 saturated carbocycles. The first kappa shape index (κ1) is 9.70. The Kier molecular flexibility index (Phi) is 3.33. The fraction of sp³-hybridized carbons (Fsp3) is 1.00. The molecule has 0 aliphatic carbocycles. The van der Waals surface area contributed by atoms with E-state index in [1.54, 1.807) is 0 Å². The van der Waals surface area contributed by atoms with E-state index in [-0.39, 0.29) is 0 Å². The van der Waals surface area contributed by atoms with Gasteiger partial charge in [-0.25, -0.2) is 4.39 Å². The van der Waals surface area contributed by atoms with E-state index < -0.39 is 9.08 Å². The lowest BCUT2D eigenvalue weighted by Gasteiger charge is -2.08. The van der Waals surface area contributed by atoms with Gasteiger partial charge in [-0.3, -0.25) is 4.57 Å². The van der Waals surface area contributed by atoms with Gasteiger partial charge in [-0.2, -0.15) is 0 Å². The molecule has 8 heavy (non-hydrogen) atoms. The maximum absolute atomic E-state index is 12.2. The van der Waals surface area contributed by atoms with Crippen molar-refractivity contribution < 1.29 is 8.96 Å². The summed E-state index contributed by atoms with van der Waals surface area (Å²) in [5.41, 5.74) is 0. The molecular formula is CBr2Cl2FOP. The van der Waals surface area contributed by atoms with Gasteiger partial charge in [0.15, 0.2) is 0 Å². The molecule has 0 atom stereocenters. The molecule has 0 aliphatic heterocycles. The van der Waals surface area contributed by atoms with Crippen molar-refractivity contribution in [2.45, 2.75) is 3.23 Å². The van der Waals surface area contributed by atoms with Crippen LogP contribution in [0.4, 0.5) is 4.39 Å². The van der Waals surface area contributed by atoms with Gasteiger partial charge in [0.2, 0.25) is 0 Å². The molecule has 50 valence electrons. The van der Waals surface area contributed by atoms with Gasteiger partial charge in [0.1, 0.15) is 0 Å². The molecule has 1 nitrogen and oxygen atoms in total. The van der Waals surface area contributed by atoms with E-state index in [1.165, 1.54) is 0 Å². The van der Waals surface area contributed by atoms with Crippen molar-refractivity contribution in [3.63, 3.8) is 0 Å². The standard InChI is InChI=1S/CBr2Cl2FOP/c2-1(3,6)8(4,5)7. The summed E-state index contributed by atoms with van der Waals surface area (Å²) in [7, 11) is 0. The average Bonchev–Trinajstić information content (AvgIpc) is 1.25. The molecule has 0 spiro atoms. The average molecular weight is 309 g/mol. The molecule has 0 unspecified atom stereocenters. The van der Waals surface area contributed by atoms with Crippen molar-refractivity contribution in [1.82, 2.24) is 0 Å². The quantitative estimate of drug-likeness (QED) is 0.528. The maximum Gasteiger partial charge on any atom is 0.310 e. The fourth-order valence-electron chi connectivity index (χ4n) is 0. The molecule has 0 aromatic rings. The van der Waals surface area contributed by atoms with Crippen LogP contribution in [0.25, 0.3) is 0 Å². The molecule has 0 aromatic carbocycles. The van der Waals surface area contributed by atoms with Gasteiger partial charge in [0.05, 0.1) is 0 Å². The van der Waals surface area contributed by atoms with Crippen LogP contribution in [-0.2, 0) is 4.57 Å². The fourth-order valence-corrected chi connectivity index (χ4v) is 0. The van der Waals surface area contributed by atoms with Crippen molar-refractivity contribution >= 4 is 60.2 Å². The first-order valence-electron chi connectivity index (χ1n) is 1.31. The molecule has 0 bridgehead atoms. The summed E-state index contributed by atoms with van der Waals surface area (Å²) in [5, 5.41) is 0. The number of rotatable bonds is 1. The predicted octanol–water partition coefficient (Wildman–Crippen LogP) is 4.03. The highest BCUT2D eigenvalue weighted by atomic mass is 79.9. The summed E-state index contributed by atoms with van der Waals surface area (Å²) in [4.78, 5) is 0. The Morgan fingerprint density at radius 2 is 1.62 bits per heavy atom. The van der Waals surface area contributed by atoms with Gasteiger partial charge in [0, 0.05) is 0 Å². The Balaban J connectivity index is 4.26. The van der Waals surface area contributed by atoms with Gasteiger partial charge in [-0.05, 0) is 54.3 Å². The monoisotopic (exact) mass is 306 g/mol. The van der Waals surface area contributed by atoms with Crippen LogP contribution in [0.1, 0.15) is 0 Å². The third-order valence-corrected chi connectivity index (χ3v) is 7.73. The second kappa shape index (κ2) is 2.75. The summed E-state index contributed by atoms with van der Waals surface area (Å²) in [6.45, 7) is 0. The molecule has 0 saturated heterocycles. The molecule has 0 fully saturated rings. The van der Waals surface area contributed by atoms with Gasteiger partial charge in [-0.1, -0.05) is 0 Å². The van der Waals surface area contributed by atoms with Crippen molar-refractivity contribution in [1.29, 1.82) is 0 Å². The largest absolute Gasteiger partial charge is 0.310 e. The molecule has 0 N–H and O–H groups in total. The Labute approximate surface area is 72.1 Å². The molecule has 0 radical (unpaired) electrons. The zero-order chi connectivity index (χ0) is 7.00. The van der Waals surface area contributed by atoms with Crippen LogP contribution in [-0.4, -0.2) is 3.23 Å². The van der Waals surface area contributed by atoms with Crippen LogP contribution in [0.5, 0.6) is 0 Å². The molecule has 7 heteroatoms. The Morgan fingerprint density at radius 1 is 1.50 bits per heavy atom. The van der Waals surface area contributed by atoms with Gasteiger partial charge >= 0.3 is 5.85 Å². The van der Waals surface area contributed by atoms with E-state index in [2.05, 4.69) is 31.9 Å². The van der Waals surface area contributed by atoms with Crippen LogP contribution in [0.2, 0.25) is 0 Å².